The fraction of sp³-hybridized carbons (Fsp3) is 0.294. The Bertz CT molecular complexity index is 636. The summed E-state index contributed by atoms with van der Waals surface area (Å²) >= 11 is 0. The Hall–Kier alpha value is -2.17. The molecule has 0 unspecified atom stereocenters. The quantitative estimate of drug-likeness (QED) is 0.808. The Morgan fingerprint density at radius 2 is 1.73 bits per heavy atom. The first-order valence-corrected chi connectivity index (χ1v) is 6.96. The zero-order valence-corrected chi connectivity index (χ0v) is 12.4. The summed E-state index contributed by atoms with van der Waals surface area (Å²) in [5.41, 5.74) is 5.85. The van der Waals surface area contributed by atoms with E-state index in [0.717, 1.165) is 11.6 Å². The van der Waals surface area contributed by atoms with Crippen molar-refractivity contribution >= 4 is 5.69 Å². The number of nitrogen functional groups attached to an aromatic ring is 1. The van der Waals surface area contributed by atoms with Gasteiger partial charge >= 0.3 is 6.18 Å². The Morgan fingerprint density at radius 1 is 1.09 bits per heavy atom. The first-order valence-electron chi connectivity index (χ1n) is 6.96. The Morgan fingerprint density at radius 3 is 2.27 bits per heavy atom. The van der Waals surface area contributed by atoms with E-state index in [1.54, 1.807) is 0 Å². The molecule has 0 saturated heterocycles. The molecule has 0 spiro atoms. The molecule has 0 saturated carbocycles. The molecule has 0 aromatic heterocycles. The highest BCUT2D eigenvalue weighted by atomic mass is 19.4. The summed E-state index contributed by atoms with van der Waals surface area (Å²) in [5, 5.41) is 0. The first kappa shape index (κ1) is 16.2. The molecular weight excluding hydrogens is 291 g/mol. The van der Waals surface area contributed by atoms with Gasteiger partial charge in [-0.2, -0.15) is 13.2 Å². The van der Waals surface area contributed by atoms with Crippen LogP contribution in [0.4, 0.5) is 18.9 Å². The molecule has 0 fully saturated rings. The van der Waals surface area contributed by atoms with Gasteiger partial charge in [-0.1, -0.05) is 44.2 Å². The summed E-state index contributed by atoms with van der Waals surface area (Å²) < 4.78 is 44.5. The van der Waals surface area contributed by atoms with Crippen molar-refractivity contribution in [3.63, 3.8) is 0 Å². The van der Waals surface area contributed by atoms with E-state index in [4.69, 9.17) is 10.5 Å². The van der Waals surface area contributed by atoms with Crippen LogP contribution in [0.1, 0.15) is 36.5 Å². The maximum Gasteiger partial charge on any atom is 0.418 e. The minimum atomic E-state index is -4.47. The molecule has 2 N–H and O–H groups in total. The molecule has 0 heterocycles. The van der Waals surface area contributed by atoms with Crippen LogP contribution in [0.15, 0.2) is 42.5 Å². The number of benzene rings is 2. The summed E-state index contributed by atoms with van der Waals surface area (Å²) in [4.78, 5) is 0. The maximum atomic E-state index is 13.0. The average molecular weight is 309 g/mol. The summed E-state index contributed by atoms with van der Waals surface area (Å²) in [5.74, 6) is 0.289. The molecule has 2 aromatic carbocycles. The molecule has 2 aromatic rings. The maximum absolute atomic E-state index is 13.0. The van der Waals surface area contributed by atoms with E-state index in [1.807, 2.05) is 44.2 Å². The number of anilines is 1. The van der Waals surface area contributed by atoms with Crippen LogP contribution in [0.25, 0.3) is 0 Å². The molecule has 0 aliphatic rings. The van der Waals surface area contributed by atoms with Crippen molar-refractivity contribution in [1.29, 1.82) is 0 Å². The van der Waals surface area contributed by atoms with Gasteiger partial charge in [0.25, 0.3) is 0 Å². The highest BCUT2D eigenvalue weighted by Crippen LogP contribution is 2.39. The zero-order chi connectivity index (χ0) is 16.3. The van der Waals surface area contributed by atoms with Crippen LogP contribution < -0.4 is 10.5 Å². The van der Waals surface area contributed by atoms with E-state index in [0.29, 0.717) is 11.3 Å². The Balaban J connectivity index is 2.32. The first-order chi connectivity index (χ1) is 10.3. The molecule has 5 heteroatoms. The fourth-order valence-electron chi connectivity index (χ4n) is 2.17. The Labute approximate surface area is 127 Å². The van der Waals surface area contributed by atoms with Crippen LogP contribution >= 0.6 is 0 Å². The number of halogens is 3. The second-order valence-corrected chi connectivity index (χ2v) is 5.40. The predicted octanol–water partition coefficient (Wildman–Crippen LogP) is 4.99. The predicted molar refractivity (Wildman–Crippen MR) is 80.7 cm³/mol. The van der Waals surface area contributed by atoms with Gasteiger partial charge in [0.2, 0.25) is 0 Å². The number of nitrogens with two attached hydrogens (primary N) is 1. The lowest BCUT2D eigenvalue weighted by molar-refractivity contribution is -0.137. The van der Waals surface area contributed by atoms with Gasteiger partial charge < -0.3 is 10.5 Å². The molecule has 0 amide bonds. The number of ether oxygens (including phenoxy) is 1. The van der Waals surface area contributed by atoms with E-state index < -0.39 is 11.7 Å². The van der Waals surface area contributed by atoms with Crippen LogP contribution in [-0.4, -0.2) is 0 Å². The molecule has 22 heavy (non-hydrogen) atoms. The topological polar surface area (TPSA) is 35.2 Å². The van der Waals surface area contributed by atoms with Crippen molar-refractivity contribution in [2.24, 2.45) is 0 Å². The number of hydrogen-bond donors (Lipinski definition) is 1. The van der Waals surface area contributed by atoms with Crippen molar-refractivity contribution in [3.8, 4) is 5.75 Å². The third-order valence-corrected chi connectivity index (χ3v) is 3.35. The lowest BCUT2D eigenvalue weighted by Gasteiger charge is -2.18. The molecule has 0 aliphatic heterocycles. The largest absolute Gasteiger partial charge is 0.489 e. The lowest BCUT2D eigenvalue weighted by Crippen LogP contribution is -2.11. The molecular formula is C17H18F3NO. The minimum absolute atomic E-state index is 0.104. The van der Waals surface area contributed by atoms with Gasteiger partial charge in [0, 0.05) is 11.8 Å². The smallest absolute Gasteiger partial charge is 0.418 e. The van der Waals surface area contributed by atoms with Gasteiger partial charge in [-0.15, -0.1) is 0 Å². The van der Waals surface area contributed by atoms with Crippen LogP contribution in [0.5, 0.6) is 5.75 Å². The molecule has 0 radical (unpaired) electrons. The molecule has 0 atom stereocenters. The SMILES string of the molecule is CC(C)c1cc(C(F)(F)F)c(N)cc1OCc1ccccc1. The fourth-order valence-corrected chi connectivity index (χ4v) is 2.17. The standard InChI is InChI=1S/C17H18F3NO/c1-11(2)13-8-14(17(18,19)20)15(21)9-16(13)22-10-12-6-4-3-5-7-12/h3-9,11H,10,21H2,1-2H3. The van der Waals surface area contributed by atoms with E-state index in [2.05, 4.69) is 0 Å². The second-order valence-electron chi connectivity index (χ2n) is 5.40. The molecule has 118 valence electrons. The van der Waals surface area contributed by atoms with Crippen molar-refractivity contribution < 1.29 is 17.9 Å². The van der Waals surface area contributed by atoms with Gasteiger partial charge in [0.15, 0.2) is 0 Å². The number of hydrogen-bond acceptors (Lipinski definition) is 2. The third-order valence-electron chi connectivity index (χ3n) is 3.35. The molecule has 0 aliphatic carbocycles. The highest BCUT2D eigenvalue weighted by molar-refractivity contribution is 5.57. The number of rotatable bonds is 4. The molecule has 2 nitrogen and oxygen atoms in total. The van der Waals surface area contributed by atoms with E-state index in [-0.39, 0.29) is 18.2 Å². The molecule has 2 rings (SSSR count). The van der Waals surface area contributed by atoms with Gasteiger partial charge in [0.05, 0.1) is 5.56 Å². The van der Waals surface area contributed by atoms with Crippen molar-refractivity contribution in [1.82, 2.24) is 0 Å². The van der Waals surface area contributed by atoms with Crippen LogP contribution in [0, 0.1) is 0 Å². The zero-order valence-electron chi connectivity index (χ0n) is 12.4. The third kappa shape index (κ3) is 3.72. The second kappa shape index (κ2) is 6.30. The Kier molecular flexibility index (Phi) is 4.64. The summed E-state index contributed by atoms with van der Waals surface area (Å²) in [7, 11) is 0. The van der Waals surface area contributed by atoms with Gasteiger partial charge in [-0.3, -0.25) is 0 Å². The van der Waals surface area contributed by atoms with E-state index >= 15 is 0 Å². The van der Waals surface area contributed by atoms with Crippen LogP contribution in [-0.2, 0) is 12.8 Å². The van der Waals surface area contributed by atoms with Gasteiger partial charge in [0.1, 0.15) is 12.4 Å². The summed E-state index contributed by atoms with van der Waals surface area (Å²) in [6.07, 6.45) is -4.47. The summed E-state index contributed by atoms with van der Waals surface area (Å²) in [6, 6.07) is 11.8. The highest BCUT2D eigenvalue weighted by Gasteiger charge is 2.34. The van der Waals surface area contributed by atoms with E-state index in [9.17, 15) is 13.2 Å². The average Bonchev–Trinajstić information content (AvgIpc) is 2.44. The number of alkyl halides is 3. The van der Waals surface area contributed by atoms with E-state index in [1.165, 1.54) is 6.07 Å². The summed E-state index contributed by atoms with van der Waals surface area (Å²) in [6.45, 7) is 3.92. The van der Waals surface area contributed by atoms with Crippen molar-refractivity contribution in [2.45, 2.75) is 32.5 Å². The minimum Gasteiger partial charge on any atom is -0.489 e. The van der Waals surface area contributed by atoms with Crippen LogP contribution in [0.2, 0.25) is 0 Å². The lowest BCUT2D eigenvalue weighted by atomic mass is 9.98. The monoisotopic (exact) mass is 309 g/mol. The normalized spacial score (nSPS) is 11.7. The van der Waals surface area contributed by atoms with Crippen LogP contribution in [0.3, 0.4) is 0 Å². The van der Waals surface area contributed by atoms with Crippen molar-refractivity contribution in [2.75, 3.05) is 5.73 Å². The van der Waals surface area contributed by atoms with Crippen molar-refractivity contribution in [3.05, 3.63) is 59.2 Å². The van der Waals surface area contributed by atoms with Gasteiger partial charge in [-0.25, -0.2) is 0 Å². The van der Waals surface area contributed by atoms with Gasteiger partial charge in [-0.05, 0) is 23.1 Å². The molecule has 0 bridgehead atoms.